The largest absolute Gasteiger partial charge is 0.508 e. The number of rotatable bonds is 7. The minimum absolute atomic E-state index is 0.106. The Hall–Kier alpha value is -1.18. The topological polar surface area (TPSA) is 78.4 Å². The van der Waals surface area contributed by atoms with Crippen LogP contribution in [-0.4, -0.2) is 32.9 Å². The fraction of sp³-hybridized carbons (Fsp3) is 0.500. The van der Waals surface area contributed by atoms with Crippen molar-refractivity contribution in [2.45, 2.75) is 19.4 Å². The van der Waals surface area contributed by atoms with E-state index in [4.69, 9.17) is 5.11 Å². The number of halogens is 1. The highest BCUT2D eigenvalue weighted by Gasteiger charge is 2.10. The third kappa shape index (κ3) is 6.00. The molecule has 0 amide bonds. The van der Waals surface area contributed by atoms with E-state index in [-0.39, 0.29) is 11.8 Å². The Labute approximate surface area is 112 Å². The Bertz CT molecular complexity index is 520. The fourth-order valence-corrected chi connectivity index (χ4v) is 2.16. The van der Waals surface area contributed by atoms with Crippen LogP contribution in [0.1, 0.15) is 24.9 Å². The number of benzene rings is 1. The molecule has 108 valence electrons. The second-order valence-electron chi connectivity index (χ2n) is 4.40. The van der Waals surface area contributed by atoms with Crippen molar-refractivity contribution < 1.29 is 17.9 Å². The lowest BCUT2D eigenvalue weighted by Crippen LogP contribution is -2.27. The maximum absolute atomic E-state index is 13.5. The lowest BCUT2D eigenvalue weighted by atomic mass is 10.1. The van der Waals surface area contributed by atoms with E-state index in [1.165, 1.54) is 12.1 Å². The molecule has 0 saturated heterocycles. The molecule has 1 aromatic rings. The molecule has 0 aliphatic heterocycles. The molecule has 3 N–H and O–H groups in total. The van der Waals surface area contributed by atoms with E-state index < -0.39 is 15.8 Å². The standard InChI is InChI=1S/C12H19FN2O3S/c1-9(11-5-4-10(16)8-12(11)13)14-6-3-7-15-19(2,17)18/h4-5,8-9,14-16H,3,6-7H2,1-2H3. The number of phenols is 1. The Balaban J connectivity index is 2.37. The van der Waals surface area contributed by atoms with Gasteiger partial charge in [-0.3, -0.25) is 0 Å². The molecule has 0 bridgehead atoms. The van der Waals surface area contributed by atoms with Crippen molar-refractivity contribution >= 4 is 10.0 Å². The summed E-state index contributed by atoms with van der Waals surface area (Å²) in [6.45, 7) is 2.71. The van der Waals surface area contributed by atoms with Gasteiger partial charge in [0.15, 0.2) is 0 Å². The first-order chi connectivity index (χ1) is 8.79. The van der Waals surface area contributed by atoms with Crippen molar-refractivity contribution in [3.63, 3.8) is 0 Å². The van der Waals surface area contributed by atoms with Gasteiger partial charge >= 0.3 is 0 Å². The maximum atomic E-state index is 13.5. The first-order valence-electron chi connectivity index (χ1n) is 5.96. The molecule has 0 spiro atoms. The van der Waals surface area contributed by atoms with E-state index in [2.05, 4.69) is 10.0 Å². The molecule has 0 aliphatic carbocycles. The molecule has 0 heterocycles. The maximum Gasteiger partial charge on any atom is 0.208 e. The number of hydrogen-bond acceptors (Lipinski definition) is 4. The van der Waals surface area contributed by atoms with Crippen molar-refractivity contribution in [3.8, 4) is 5.75 Å². The molecule has 1 unspecified atom stereocenters. The van der Waals surface area contributed by atoms with Gasteiger partial charge in [-0.05, 0) is 26.0 Å². The summed E-state index contributed by atoms with van der Waals surface area (Å²) in [5, 5.41) is 12.2. The van der Waals surface area contributed by atoms with Gasteiger partial charge in [0.1, 0.15) is 11.6 Å². The minimum Gasteiger partial charge on any atom is -0.508 e. The highest BCUT2D eigenvalue weighted by atomic mass is 32.2. The quantitative estimate of drug-likeness (QED) is 0.658. The Morgan fingerprint density at radius 3 is 2.63 bits per heavy atom. The number of sulfonamides is 1. The first kappa shape index (κ1) is 15.9. The highest BCUT2D eigenvalue weighted by molar-refractivity contribution is 7.88. The molecule has 19 heavy (non-hydrogen) atoms. The van der Waals surface area contributed by atoms with Gasteiger partial charge in [-0.25, -0.2) is 17.5 Å². The summed E-state index contributed by atoms with van der Waals surface area (Å²) in [7, 11) is -3.15. The molecule has 1 rings (SSSR count). The van der Waals surface area contributed by atoms with Gasteiger partial charge in [0, 0.05) is 24.2 Å². The molecule has 1 aromatic carbocycles. The molecule has 0 saturated carbocycles. The van der Waals surface area contributed by atoms with Crippen molar-refractivity contribution in [2.24, 2.45) is 0 Å². The fourth-order valence-electron chi connectivity index (χ4n) is 1.64. The second-order valence-corrected chi connectivity index (χ2v) is 6.23. The third-order valence-electron chi connectivity index (χ3n) is 2.62. The van der Waals surface area contributed by atoms with Gasteiger partial charge in [-0.1, -0.05) is 6.07 Å². The van der Waals surface area contributed by atoms with Gasteiger partial charge in [-0.15, -0.1) is 0 Å². The van der Waals surface area contributed by atoms with Gasteiger partial charge in [0.05, 0.1) is 6.26 Å². The predicted molar refractivity (Wildman–Crippen MR) is 71.9 cm³/mol. The zero-order valence-electron chi connectivity index (χ0n) is 11.0. The van der Waals surface area contributed by atoms with Gasteiger partial charge in [-0.2, -0.15) is 0 Å². The number of phenolic OH excluding ortho intramolecular Hbond substituents is 1. The van der Waals surface area contributed by atoms with Crippen LogP contribution in [0.2, 0.25) is 0 Å². The normalized spacial score (nSPS) is 13.4. The Morgan fingerprint density at radius 1 is 1.37 bits per heavy atom. The molecule has 0 aromatic heterocycles. The number of nitrogens with one attached hydrogen (secondary N) is 2. The highest BCUT2D eigenvalue weighted by Crippen LogP contribution is 2.20. The molecule has 5 nitrogen and oxygen atoms in total. The third-order valence-corrected chi connectivity index (χ3v) is 3.35. The summed E-state index contributed by atoms with van der Waals surface area (Å²) in [4.78, 5) is 0. The van der Waals surface area contributed by atoms with Crippen LogP contribution in [-0.2, 0) is 10.0 Å². The van der Waals surface area contributed by atoms with Crippen LogP contribution in [0.5, 0.6) is 5.75 Å². The summed E-state index contributed by atoms with van der Waals surface area (Å²) < 4.78 is 37.6. The van der Waals surface area contributed by atoms with Crippen LogP contribution in [0.15, 0.2) is 18.2 Å². The average molecular weight is 290 g/mol. The monoisotopic (exact) mass is 290 g/mol. The van der Waals surface area contributed by atoms with Gasteiger partial charge in [0.25, 0.3) is 0 Å². The van der Waals surface area contributed by atoms with E-state index in [0.29, 0.717) is 25.1 Å². The summed E-state index contributed by atoms with van der Waals surface area (Å²) >= 11 is 0. The minimum atomic E-state index is -3.15. The summed E-state index contributed by atoms with van der Waals surface area (Å²) in [5.74, 6) is -0.569. The molecule has 0 radical (unpaired) electrons. The Kier molecular flexibility index (Phi) is 5.71. The molecular weight excluding hydrogens is 271 g/mol. The van der Waals surface area contributed by atoms with E-state index in [9.17, 15) is 12.8 Å². The zero-order chi connectivity index (χ0) is 14.5. The molecular formula is C12H19FN2O3S. The lowest BCUT2D eigenvalue weighted by Gasteiger charge is -2.15. The van der Waals surface area contributed by atoms with Crippen molar-refractivity contribution in [1.29, 1.82) is 0 Å². The molecule has 7 heteroatoms. The Morgan fingerprint density at radius 2 is 2.05 bits per heavy atom. The summed E-state index contributed by atoms with van der Waals surface area (Å²) in [6.07, 6.45) is 1.71. The van der Waals surface area contributed by atoms with Crippen LogP contribution in [0.3, 0.4) is 0 Å². The number of hydrogen-bond donors (Lipinski definition) is 3. The second kappa shape index (κ2) is 6.83. The van der Waals surface area contributed by atoms with E-state index >= 15 is 0 Å². The van der Waals surface area contributed by atoms with E-state index in [1.807, 2.05) is 0 Å². The van der Waals surface area contributed by atoms with Gasteiger partial charge < -0.3 is 10.4 Å². The smallest absolute Gasteiger partial charge is 0.208 e. The van der Waals surface area contributed by atoms with Crippen LogP contribution in [0.4, 0.5) is 4.39 Å². The summed E-state index contributed by atoms with van der Waals surface area (Å²) in [6, 6.07) is 3.82. The lowest BCUT2D eigenvalue weighted by molar-refractivity contribution is 0.463. The van der Waals surface area contributed by atoms with Crippen molar-refractivity contribution in [3.05, 3.63) is 29.6 Å². The SMILES string of the molecule is CC(NCCCNS(C)(=O)=O)c1ccc(O)cc1F. The van der Waals surface area contributed by atoms with Crippen LogP contribution in [0, 0.1) is 5.82 Å². The molecule has 0 aliphatic rings. The molecule has 0 fully saturated rings. The predicted octanol–water partition coefficient (Wildman–Crippen LogP) is 1.12. The van der Waals surface area contributed by atoms with Crippen molar-refractivity contribution in [2.75, 3.05) is 19.3 Å². The van der Waals surface area contributed by atoms with Crippen LogP contribution >= 0.6 is 0 Å². The summed E-state index contributed by atoms with van der Waals surface area (Å²) in [5.41, 5.74) is 0.467. The number of aromatic hydroxyl groups is 1. The average Bonchev–Trinajstić information content (AvgIpc) is 2.26. The van der Waals surface area contributed by atoms with E-state index in [1.54, 1.807) is 6.92 Å². The van der Waals surface area contributed by atoms with Crippen molar-refractivity contribution in [1.82, 2.24) is 10.0 Å². The first-order valence-corrected chi connectivity index (χ1v) is 7.85. The van der Waals surface area contributed by atoms with Gasteiger partial charge in [0.2, 0.25) is 10.0 Å². The zero-order valence-corrected chi connectivity index (χ0v) is 11.8. The van der Waals surface area contributed by atoms with Crippen LogP contribution in [0.25, 0.3) is 0 Å². The molecule has 1 atom stereocenters. The van der Waals surface area contributed by atoms with Crippen LogP contribution < -0.4 is 10.0 Å². The van der Waals surface area contributed by atoms with E-state index in [0.717, 1.165) is 12.3 Å².